The SMILES string of the molecule is CCOC(=O)C1C(=O)C=C(c2ccco2)CC1c1ccc(OCC)cc1. The lowest BCUT2D eigenvalue weighted by Crippen LogP contribution is -2.33. The molecular weight excluding hydrogens is 332 g/mol. The number of hydrogen-bond acceptors (Lipinski definition) is 5. The van der Waals surface area contributed by atoms with Gasteiger partial charge in [0.25, 0.3) is 0 Å². The number of ether oxygens (including phenoxy) is 2. The van der Waals surface area contributed by atoms with Crippen molar-refractivity contribution < 1.29 is 23.5 Å². The molecule has 0 saturated carbocycles. The summed E-state index contributed by atoms with van der Waals surface area (Å²) in [6.07, 6.45) is 3.60. The molecule has 0 saturated heterocycles. The summed E-state index contributed by atoms with van der Waals surface area (Å²) < 4.78 is 16.1. The van der Waals surface area contributed by atoms with E-state index in [-0.39, 0.29) is 18.3 Å². The zero-order valence-corrected chi connectivity index (χ0v) is 14.9. The molecule has 0 fully saturated rings. The molecule has 1 aromatic heterocycles. The lowest BCUT2D eigenvalue weighted by atomic mass is 9.74. The van der Waals surface area contributed by atoms with Crippen molar-refractivity contribution in [1.82, 2.24) is 0 Å². The first-order valence-electron chi connectivity index (χ1n) is 8.81. The van der Waals surface area contributed by atoms with Gasteiger partial charge in [-0.25, -0.2) is 0 Å². The number of furan rings is 1. The molecule has 1 aromatic carbocycles. The summed E-state index contributed by atoms with van der Waals surface area (Å²) in [4.78, 5) is 25.2. The molecule has 26 heavy (non-hydrogen) atoms. The molecule has 1 aliphatic rings. The summed E-state index contributed by atoms with van der Waals surface area (Å²) in [7, 11) is 0. The van der Waals surface area contributed by atoms with Crippen molar-refractivity contribution in [2.24, 2.45) is 5.92 Å². The Balaban J connectivity index is 1.95. The van der Waals surface area contributed by atoms with E-state index in [1.807, 2.05) is 37.3 Å². The van der Waals surface area contributed by atoms with Crippen LogP contribution in [0.5, 0.6) is 5.75 Å². The van der Waals surface area contributed by atoms with Gasteiger partial charge in [-0.1, -0.05) is 12.1 Å². The predicted molar refractivity (Wildman–Crippen MR) is 96.8 cm³/mol. The average molecular weight is 354 g/mol. The van der Waals surface area contributed by atoms with Crippen molar-refractivity contribution in [3.8, 4) is 5.75 Å². The van der Waals surface area contributed by atoms with Crippen LogP contribution in [-0.4, -0.2) is 25.0 Å². The van der Waals surface area contributed by atoms with Gasteiger partial charge in [0.05, 0.1) is 19.5 Å². The predicted octanol–water partition coefficient (Wildman–Crippen LogP) is 4.00. The number of benzene rings is 1. The van der Waals surface area contributed by atoms with Crippen molar-refractivity contribution in [1.29, 1.82) is 0 Å². The molecule has 5 heteroatoms. The second kappa shape index (κ2) is 8.04. The summed E-state index contributed by atoms with van der Waals surface area (Å²) in [6, 6.07) is 11.1. The van der Waals surface area contributed by atoms with Crippen LogP contribution in [0.1, 0.15) is 37.5 Å². The molecule has 0 radical (unpaired) electrons. The van der Waals surface area contributed by atoms with E-state index in [2.05, 4.69) is 0 Å². The van der Waals surface area contributed by atoms with E-state index >= 15 is 0 Å². The Morgan fingerprint density at radius 1 is 1.15 bits per heavy atom. The molecular formula is C21H22O5. The maximum absolute atomic E-state index is 12.7. The van der Waals surface area contributed by atoms with E-state index in [1.165, 1.54) is 6.08 Å². The van der Waals surface area contributed by atoms with Crippen LogP contribution in [0.25, 0.3) is 5.57 Å². The van der Waals surface area contributed by atoms with Crippen LogP contribution in [-0.2, 0) is 14.3 Å². The minimum atomic E-state index is -0.841. The summed E-state index contributed by atoms with van der Waals surface area (Å²) in [5.74, 6) is -0.468. The zero-order valence-electron chi connectivity index (χ0n) is 14.9. The maximum atomic E-state index is 12.7. The summed E-state index contributed by atoms with van der Waals surface area (Å²) in [5, 5.41) is 0. The lowest BCUT2D eigenvalue weighted by molar-refractivity contribution is -0.151. The molecule has 2 unspecified atom stereocenters. The van der Waals surface area contributed by atoms with Crippen LogP contribution in [0.15, 0.2) is 53.2 Å². The van der Waals surface area contributed by atoms with E-state index in [0.717, 1.165) is 16.9 Å². The average Bonchev–Trinajstić information content (AvgIpc) is 3.17. The monoisotopic (exact) mass is 354 g/mol. The van der Waals surface area contributed by atoms with E-state index < -0.39 is 11.9 Å². The minimum absolute atomic E-state index is 0.243. The first-order valence-corrected chi connectivity index (χ1v) is 8.81. The van der Waals surface area contributed by atoms with Crippen LogP contribution in [0, 0.1) is 5.92 Å². The first kappa shape index (κ1) is 18.0. The molecule has 1 heterocycles. The number of hydrogen-bond donors (Lipinski definition) is 0. The molecule has 0 N–H and O–H groups in total. The summed E-state index contributed by atoms with van der Waals surface area (Å²) >= 11 is 0. The third-order valence-corrected chi connectivity index (χ3v) is 4.46. The molecule has 0 bridgehead atoms. The summed E-state index contributed by atoms with van der Waals surface area (Å²) in [6.45, 7) is 4.48. The highest BCUT2D eigenvalue weighted by Gasteiger charge is 2.40. The molecule has 0 aliphatic heterocycles. The zero-order chi connectivity index (χ0) is 18.5. The van der Waals surface area contributed by atoms with Gasteiger partial charge in [-0.3, -0.25) is 9.59 Å². The number of esters is 1. The van der Waals surface area contributed by atoms with Gasteiger partial charge in [-0.05, 0) is 61.7 Å². The second-order valence-electron chi connectivity index (χ2n) is 6.09. The second-order valence-corrected chi connectivity index (χ2v) is 6.09. The lowest BCUT2D eigenvalue weighted by Gasteiger charge is -2.28. The number of carbonyl (C=O) groups is 2. The number of rotatable bonds is 6. The Morgan fingerprint density at radius 2 is 1.92 bits per heavy atom. The van der Waals surface area contributed by atoms with Crippen molar-refractivity contribution in [2.45, 2.75) is 26.2 Å². The molecule has 5 nitrogen and oxygen atoms in total. The third kappa shape index (κ3) is 3.72. The molecule has 1 aliphatic carbocycles. The fourth-order valence-corrected chi connectivity index (χ4v) is 3.31. The quantitative estimate of drug-likeness (QED) is 0.579. The third-order valence-electron chi connectivity index (χ3n) is 4.46. The van der Waals surface area contributed by atoms with Gasteiger partial charge < -0.3 is 13.9 Å². The largest absolute Gasteiger partial charge is 0.494 e. The first-order chi connectivity index (χ1) is 12.6. The number of carbonyl (C=O) groups excluding carboxylic acids is 2. The Kier molecular flexibility index (Phi) is 5.56. The molecule has 136 valence electrons. The van der Waals surface area contributed by atoms with Gasteiger partial charge in [0, 0.05) is 5.92 Å². The highest BCUT2D eigenvalue weighted by molar-refractivity contribution is 6.10. The fraction of sp³-hybridized carbons (Fsp3) is 0.333. The fourth-order valence-electron chi connectivity index (χ4n) is 3.31. The van der Waals surface area contributed by atoms with Crippen LogP contribution in [0.3, 0.4) is 0 Å². The molecule has 3 rings (SSSR count). The van der Waals surface area contributed by atoms with Gasteiger partial charge in [-0.2, -0.15) is 0 Å². The van der Waals surface area contributed by atoms with Gasteiger partial charge in [-0.15, -0.1) is 0 Å². The Bertz CT molecular complexity index is 786. The number of allylic oxidation sites excluding steroid dienone is 2. The normalized spacial score (nSPS) is 19.8. The Morgan fingerprint density at radius 3 is 2.54 bits per heavy atom. The van der Waals surface area contributed by atoms with Gasteiger partial charge in [0.1, 0.15) is 17.4 Å². The van der Waals surface area contributed by atoms with E-state index in [4.69, 9.17) is 13.9 Å². The van der Waals surface area contributed by atoms with Gasteiger partial charge in [0.15, 0.2) is 5.78 Å². The Labute approximate surface area is 152 Å². The molecule has 2 aromatic rings. The van der Waals surface area contributed by atoms with Crippen LogP contribution in [0.2, 0.25) is 0 Å². The van der Waals surface area contributed by atoms with E-state index in [0.29, 0.717) is 18.8 Å². The minimum Gasteiger partial charge on any atom is -0.494 e. The molecule has 0 spiro atoms. The van der Waals surface area contributed by atoms with Crippen molar-refractivity contribution in [3.05, 3.63) is 60.1 Å². The molecule has 2 atom stereocenters. The van der Waals surface area contributed by atoms with Crippen molar-refractivity contribution in [2.75, 3.05) is 13.2 Å². The molecule has 0 amide bonds. The number of ketones is 1. The van der Waals surface area contributed by atoms with Crippen LogP contribution < -0.4 is 4.74 Å². The van der Waals surface area contributed by atoms with Gasteiger partial charge >= 0.3 is 5.97 Å². The summed E-state index contributed by atoms with van der Waals surface area (Å²) in [5.41, 5.74) is 1.69. The van der Waals surface area contributed by atoms with E-state index in [1.54, 1.807) is 19.3 Å². The highest BCUT2D eigenvalue weighted by atomic mass is 16.5. The van der Waals surface area contributed by atoms with Crippen molar-refractivity contribution >= 4 is 17.3 Å². The van der Waals surface area contributed by atoms with Crippen molar-refractivity contribution in [3.63, 3.8) is 0 Å². The van der Waals surface area contributed by atoms with E-state index in [9.17, 15) is 9.59 Å². The highest BCUT2D eigenvalue weighted by Crippen LogP contribution is 2.40. The standard InChI is InChI=1S/C21H22O5/c1-3-24-16-9-7-14(8-10-16)17-12-15(19-6-5-11-26-19)13-18(22)20(17)21(23)25-4-2/h5-11,13,17,20H,3-4,12H2,1-2H3. The van der Waals surface area contributed by atoms with Crippen LogP contribution >= 0.6 is 0 Å². The van der Waals surface area contributed by atoms with Gasteiger partial charge in [0.2, 0.25) is 0 Å². The maximum Gasteiger partial charge on any atom is 0.317 e. The smallest absolute Gasteiger partial charge is 0.317 e. The topological polar surface area (TPSA) is 65.7 Å². The van der Waals surface area contributed by atoms with Crippen LogP contribution in [0.4, 0.5) is 0 Å². The Hall–Kier alpha value is -2.82.